The van der Waals surface area contributed by atoms with Crippen molar-refractivity contribution < 1.29 is 23.5 Å². The Labute approximate surface area is 114 Å². The van der Waals surface area contributed by atoms with Crippen molar-refractivity contribution in [2.45, 2.75) is 53.8 Å². The van der Waals surface area contributed by atoms with E-state index in [1.807, 2.05) is 0 Å². The first-order chi connectivity index (χ1) is 8.57. The molecule has 0 bridgehead atoms. The van der Waals surface area contributed by atoms with Gasteiger partial charge in [-0.3, -0.25) is 9.36 Å². The highest BCUT2D eigenvalue weighted by Crippen LogP contribution is 2.52. The summed E-state index contributed by atoms with van der Waals surface area (Å²) in [4.78, 5) is 11.3. The fourth-order valence-electron chi connectivity index (χ4n) is 1.34. The molecular formula is C13H23O5P. The lowest BCUT2D eigenvalue weighted by molar-refractivity contribution is -0.113. The molecule has 0 radical (unpaired) electrons. The van der Waals surface area contributed by atoms with Gasteiger partial charge in [-0.1, -0.05) is 0 Å². The zero-order valence-electron chi connectivity index (χ0n) is 12.3. The molecule has 19 heavy (non-hydrogen) atoms. The van der Waals surface area contributed by atoms with Crippen LogP contribution in [0.2, 0.25) is 0 Å². The Kier molecular flexibility index (Phi) is 7.27. The number of carbonyl (C=O) groups excluding carboxylic acids is 1. The molecule has 0 aromatic carbocycles. The van der Waals surface area contributed by atoms with Crippen LogP contribution in [0.25, 0.3) is 0 Å². The number of carbonyl (C=O) groups is 1. The van der Waals surface area contributed by atoms with Gasteiger partial charge in [0, 0.05) is 5.82 Å². The highest BCUT2D eigenvalue weighted by molar-refractivity contribution is 7.57. The van der Waals surface area contributed by atoms with Crippen LogP contribution in [-0.2, 0) is 18.4 Å². The maximum absolute atomic E-state index is 12.4. The maximum atomic E-state index is 12.4. The molecular weight excluding hydrogens is 267 g/mol. The van der Waals surface area contributed by atoms with Crippen LogP contribution in [0, 0.1) is 0 Å². The topological polar surface area (TPSA) is 72.8 Å². The van der Waals surface area contributed by atoms with E-state index in [1.165, 1.54) is 25.7 Å². The fourth-order valence-corrected chi connectivity index (χ4v) is 3.04. The second kappa shape index (κ2) is 7.63. The van der Waals surface area contributed by atoms with Crippen LogP contribution in [0.3, 0.4) is 0 Å². The van der Waals surface area contributed by atoms with Crippen LogP contribution in [0.15, 0.2) is 23.2 Å². The molecule has 0 atom stereocenters. The Balaban J connectivity index is 5.27. The van der Waals surface area contributed by atoms with E-state index < -0.39 is 7.60 Å². The van der Waals surface area contributed by atoms with Crippen molar-refractivity contribution in [3.8, 4) is 0 Å². The van der Waals surface area contributed by atoms with Gasteiger partial charge < -0.3 is 14.2 Å². The molecule has 110 valence electrons. The van der Waals surface area contributed by atoms with Gasteiger partial charge in [-0.2, -0.15) is 0 Å². The fraction of sp³-hybridized carbons (Fsp3) is 0.615. The number of ketones is 1. The predicted octanol–water partition coefficient (Wildman–Crippen LogP) is 3.96. The summed E-state index contributed by atoms with van der Waals surface area (Å²) in [6, 6.07) is 0. The van der Waals surface area contributed by atoms with Crippen LogP contribution in [0.4, 0.5) is 0 Å². The summed E-state index contributed by atoms with van der Waals surface area (Å²) in [7, 11) is -3.44. The van der Waals surface area contributed by atoms with Gasteiger partial charge >= 0.3 is 7.60 Å². The summed E-state index contributed by atoms with van der Waals surface area (Å²) in [6.07, 6.45) is 0.715. The number of aliphatic hydroxyl groups excluding tert-OH is 1. The molecule has 0 heterocycles. The van der Waals surface area contributed by atoms with Crippen LogP contribution in [-0.4, -0.2) is 23.1 Å². The van der Waals surface area contributed by atoms with Crippen molar-refractivity contribution in [2.24, 2.45) is 0 Å². The largest absolute Gasteiger partial charge is 0.512 e. The lowest BCUT2D eigenvalue weighted by atomic mass is 10.1. The predicted molar refractivity (Wildman–Crippen MR) is 75.2 cm³/mol. The molecule has 0 saturated heterocycles. The van der Waals surface area contributed by atoms with E-state index in [1.54, 1.807) is 27.7 Å². The van der Waals surface area contributed by atoms with Gasteiger partial charge in [-0.25, -0.2) is 0 Å². The molecule has 0 aliphatic carbocycles. The highest BCUT2D eigenvalue weighted by atomic mass is 31.2. The average Bonchev–Trinajstić information content (AvgIpc) is 2.12. The van der Waals surface area contributed by atoms with E-state index >= 15 is 0 Å². The molecule has 0 fully saturated rings. The molecule has 0 aromatic heterocycles. The van der Waals surface area contributed by atoms with Crippen molar-refractivity contribution in [3.05, 3.63) is 23.2 Å². The summed E-state index contributed by atoms with van der Waals surface area (Å²) in [5, 5.41) is 9.38. The van der Waals surface area contributed by atoms with E-state index in [9.17, 15) is 14.5 Å². The first-order valence-electron chi connectivity index (χ1n) is 6.14. The molecule has 0 amide bonds. The number of hydrogen-bond donors (Lipinski definition) is 1. The van der Waals surface area contributed by atoms with E-state index in [2.05, 4.69) is 0 Å². The minimum absolute atomic E-state index is 0.0833. The summed E-state index contributed by atoms with van der Waals surface area (Å²) in [6.45, 7) is 9.66. The Bertz CT molecular complexity index is 403. The van der Waals surface area contributed by atoms with Crippen molar-refractivity contribution in [1.29, 1.82) is 0 Å². The maximum Gasteiger partial charge on any atom is 0.354 e. The summed E-state index contributed by atoms with van der Waals surface area (Å²) in [5.41, 5.74) is 0.0833. The van der Waals surface area contributed by atoms with Gasteiger partial charge in [0.05, 0.1) is 23.5 Å². The summed E-state index contributed by atoms with van der Waals surface area (Å²) in [5.74, 6) is 0.755. The van der Waals surface area contributed by atoms with Gasteiger partial charge in [0.1, 0.15) is 0 Å². The van der Waals surface area contributed by atoms with Crippen LogP contribution >= 0.6 is 7.60 Å². The molecule has 5 nitrogen and oxygen atoms in total. The minimum Gasteiger partial charge on any atom is -0.512 e. The SMILES string of the molecule is CC(=O)C(/C=C/P(=O)(OC(C)C)OC(C)C)=C(/C)O. The summed E-state index contributed by atoms with van der Waals surface area (Å²) >= 11 is 0. The Morgan fingerprint density at radius 1 is 1.11 bits per heavy atom. The van der Waals surface area contributed by atoms with Crippen molar-refractivity contribution >= 4 is 13.4 Å². The summed E-state index contributed by atoms with van der Waals surface area (Å²) < 4.78 is 23.0. The van der Waals surface area contributed by atoms with Crippen molar-refractivity contribution in [1.82, 2.24) is 0 Å². The van der Waals surface area contributed by atoms with Gasteiger partial charge in [0.2, 0.25) is 0 Å². The molecule has 6 heteroatoms. The van der Waals surface area contributed by atoms with Gasteiger partial charge in [-0.05, 0) is 47.6 Å². The average molecular weight is 290 g/mol. The van der Waals surface area contributed by atoms with E-state index in [4.69, 9.17) is 9.05 Å². The molecule has 0 aromatic rings. The zero-order chi connectivity index (χ0) is 15.2. The second-order valence-corrected chi connectivity index (χ2v) is 6.52. The number of Topliss-reactive ketones (excluding diaryl/α,β-unsaturated/α-hetero) is 1. The van der Waals surface area contributed by atoms with E-state index in [0.29, 0.717) is 0 Å². The first-order valence-corrected chi connectivity index (χ1v) is 7.75. The molecule has 0 unspecified atom stereocenters. The Morgan fingerprint density at radius 3 is 1.79 bits per heavy atom. The molecule has 0 rings (SSSR count). The molecule has 0 aliphatic heterocycles. The monoisotopic (exact) mass is 290 g/mol. The van der Waals surface area contributed by atoms with Crippen LogP contribution in [0.5, 0.6) is 0 Å². The smallest absolute Gasteiger partial charge is 0.354 e. The third-order valence-electron chi connectivity index (χ3n) is 1.91. The molecule has 0 aliphatic rings. The second-order valence-electron chi connectivity index (χ2n) is 4.72. The van der Waals surface area contributed by atoms with E-state index in [-0.39, 0.29) is 29.3 Å². The van der Waals surface area contributed by atoms with Crippen molar-refractivity contribution in [2.75, 3.05) is 0 Å². The number of rotatable bonds is 7. The zero-order valence-corrected chi connectivity index (χ0v) is 13.2. The molecule has 0 saturated carbocycles. The number of allylic oxidation sites excluding steroid dienone is 3. The third-order valence-corrected chi connectivity index (χ3v) is 3.85. The lowest BCUT2D eigenvalue weighted by Gasteiger charge is -2.19. The van der Waals surface area contributed by atoms with E-state index in [0.717, 1.165) is 0 Å². The van der Waals surface area contributed by atoms with Gasteiger partial charge in [0.15, 0.2) is 5.78 Å². The standard InChI is InChI=1S/C13H23O5P/c1-9(2)17-19(16,18-10(3)4)8-7-13(11(5)14)12(6)15/h7-10,14H,1-6H3/b8-7+,13-11-. The lowest BCUT2D eigenvalue weighted by Crippen LogP contribution is -2.06. The van der Waals surface area contributed by atoms with Gasteiger partial charge in [0.25, 0.3) is 0 Å². The molecule has 0 spiro atoms. The molecule has 1 N–H and O–H groups in total. The van der Waals surface area contributed by atoms with Crippen molar-refractivity contribution in [3.63, 3.8) is 0 Å². The van der Waals surface area contributed by atoms with Crippen LogP contribution in [0.1, 0.15) is 41.5 Å². The Morgan fingerprint density at radius 2 is 1.53 bits per heavy atom. The number of aliphatic hydroxyl groups is 1. The minimum atomic E-state index is -3.44. The third kappa shape index (κ3) is 7.31. The Hall–Kier alpha value is -0.900. The number of hydrogen-bond acceptors (Lipinski definition) is 5. The quantitative estimate of drug-likeness (QED) is 0.332. The van der Waals surface area contributed by atoms with Crippen LogP contribution < -0.4 is 0 Å². The highest BCUT2D eigenvalue weighted by Gasteiger charge is 2.24. The van der Waals surface area contributed by atoms with Gasteiger partial charge in [-0.15, -0.1) is 0 Å². The normalized spacial score (nSPS) is 14.3. The first kappa shape index (κ1) is 18.1.